The molecule has 1 spiro atoms. The summed E-state index contributed by atoms with van der Waals surface area (Å²) < 4.78 is 11.1. The summed E-state index contributed by atoms with van der Waals surface area (Å²) in [5.41, 5.74) is 0.920. The molecule has 2 amide bonds. The highest BCUT2D eigenvalue weighted by molar-refractivity contribution is 5.74. The van der Waals surface area contributed by atoms with Gasteiger partial charge in [-0.3, -0.25) is 0 Å². The van der Waals surface area contributed by atoms with Gasteiger partial charge in [0.25, 0.3) is 0 Å². The number of nitrogens with zero attached hydrogens (tertiary/aromatic N) is 1. The maximum Gasteiger partial charge on any atom is 0.315 e. The first-order valence-corrected chi connectivity index (χ1v) is 8.70. The highest BCUT2D eigenvalue weighted by Gasteiger charge is 2.56. The number of carbonyl (C=O) groups is 1. The number of carbonyl (C=O) groups excluding carboxylic acids is 1. The molecule has 0 radical (unpaired) electrons. The summed E-state index contributed by atoms with van der Waals surface area (Å²) >= 11 is 0. The van der Waals surface area contributed by atoms with Crippen molar-refractivity contribution in [1.82, 2.24) is 15.6 Å². The first-order chi connectivity index (χ1) is 11.2. The normalized spacial score (nSPS) is 25.8. The van der Waals surface area contributed by atoms with Gasteiger partial charge in [0.15, 0.2) is 6.39 Å². The second-order valence-corrected chi connectivity index (χ2v) is 6.71. The second kappa shape index (κ2) is 6.91. The van der Waals surface area contributed by atoms with Gasteiger partial charge in [-0.1, -0.05) is 19.3 Å². The van der Waals surface area contributed by atoms with Gasteiger partial charge in [-0.05, 0) is 33.1 Å². The molecule has 2 saturated carbocycles. The standard InChI is InChI=1S/C17H27N3O3/c1-3-22-15-9-14(17(15)7-5-4-6-8-17)20-16(21)18-10-13-12(2)23-11-19-13/h11,14-15H,3-10H2,1-2H3,(H2,18,20,21)/t14-,15+/m0/s1. The topological polar surface area (TPSA) is 76.4 Å². The lowest BCUT2D eigenvalue weighted by atomic mass is 9.55. The molecule has 1 aromatic rings. The Balaban J connectivity index is 1.54. The van der Waals surface area contributed by atoms with Crippen molar-refractivity contribution in [2.75, 3.05) is 6.61 Å². The number of ether oxygens (including phenoxy) is 1. The molecule has 3 rings (SSSR count). The van der Waals surface area contributed by atoms with Gasteiger partial charge in [0.2, 0.25) is 0 Å². The number of aryl methyl sites for hydroxylation is 1. The largest absolute Gasteiger partial charge is 0.448 e. The molecule has 2 aliphatic carbocycles. The summed E-state index contributed by atoms with van der Waals surface area (Å²) in [7, 11) is 0. The highest BCUT2D eigenvalue weighted by atomic mass is 16.5. The highest BCUT2D eigenvalue weighted by Crippen LogP contribution is 2.53. The summed E-state index contributed by atoms with van der Waals surface area (Å²) in [6.07, 6.45) is 8.71. The van der Waals surface area contributed by atoms with Crippen LogP contribution in [0.25, 0.3) is 0 Å². The van der Waals surface area contributed by atoms with Crippen molar-refractivity contribution in [3.63, 3.8) is 0 Å². The molecule has 2 fully saturated rings. The quantitative estimate of drug-likeness (QED) is 0.874. The zero-order valence-corrected chi connectivity index (χ0v) is 14.1. The first kappa shape index (κ1) is 16.3. The van der Waals surface area contributed by atoms with Gasteiger partial charge in [0.1, 0.15) is 11.5 Å². The second-order valence-electron chi connectivity index (χ2n) is 6.71. The van der Waals surface area contributed by atoms with Crippen molar-refractivity contribution >= 4 is 6.03 Å². The van der Waals surface area contributed by atoms with Gasteiger partial charge >= 0.3 is 6.03 Å². The number of amides is 2. The van der Waals surface area contributed by atoms with Crippen molar-refractivity contribution in [2.24, 2.45) is 5.41 Å². The van der Waals surface area contributed by atoms with E-state index in [2.05, 4.69) is 15.6 Å². The summed E-state index contributed by atoms with van der Waals surface area (Å²) in [6, 6.07) is 0.0926. The van der Waals surface area contributed by atoms with E-state index in [1.165, 1.54) is 25.7 Å². The van der Waals surface area contributed by atoms with Gasteiger partial charge in [-0.15, -0.1) is 0 Å². The molecule has 0 aliphatic heterocycles. The van der Waals surface area contributed by atoms with Crippen LogP contribution in [0.3, 0.4) is 0 Å². The fourth-order valence-corrected chi connectivity index (χ4v) is 4.14. The minimum absolute atomic E-state index is 0.128. The van der Waals surface area contributed by atoms with Gasteiger partial charge < -0.3 is 19.8 Å². The molecule has 6 nitrogen and oxygen atoms in total. The van der Waals surface area contributed by atoms with Crippen LogP contribution in [0.5, 0.6) is 0 Å². The molecule has 0 aromatic carbocycles. The Morgan fingerprint density at radius 3 is 2.87 bits per heavy atom. The van der Waals surface area contributed by atoms with Crippen LogP contribution in [0.15, 0.2) is 10.8 Å². The fourth-order valence-electron chi connectivity index (χ4n) is 4.14. The number of urea groups is 1. The van der Waals surface area contributed by atoms with E-state index < -0.39 is 0 Å². The van der Waals surface area contributed by atoms with Crippen LogP contribution in [-0.4, -0.2) is 29.8 Å². The number of hydrogen-bond acceptors (Lipinski definition) is 4. The number of oxazole rings is 1. The minimum atomic E-state index is -0.128. The Labute approximate surface area is 137 Å². The Kier molecular flexibility index (Phi) is 4.90. The third-order valence-electron chi connectivity index (χ3n) is 5.50. The smallest absolute Gasteiger partial charge is 0.315 e. The third kappa shape index (κ3) is 3.22. The van der Waals surface area contributed by atoms with E-state index in [4.69, 9.17) is 9.15 Å². The molecule has 23 heavy (non-hydrogen) atoms. The zero-order chi connectivity index (χ0) is 16.3. The lowest BCUT2D eigenvalue weighted by Crippen LogP contribution is -2.66. The van der Waals surface area contributed by atoms with E-state index in [-0.39, 0.29) is 17.5 Å². The van der Waals surface area contributed by atoms with Crippen LogP contribution < -0.4 is 10.6 Å². The Bertz CT molecular complexity index is 537. The summed E-state index contributed by atoms with van der Waals surface area (Å²) in [6.45, 7) is 5.03. The van der Waals surface area contributed by atoms with Crippen molar-refractivity contribution in [3.8, 4) is 0 Å². The van der Waals surface area contributed by atoms with Crippen LogP contribution in [0, 0.1) is 12.3 Å². The van der Waals surface area contributed by atoms with E-state index in [0.29, 0.717) is 12.6 Å². The maximum atomic E-state index is 12.2. The van der Waals surface area contributed by atoms with E-state index in [1.54, 1.807) is 0 Å². The molecule has 2 atom stereocenters. The monoisotopic (exact) mass is 321 g/mol. The predicted octanol–water partition coefficient (Wildman–Crippen LogP) is 2.91. The number of nitrogens with one attached hydrogen (secondary N) is 2. The van der Waals surface area contributed by atoms with Crippen LogP contribution in [0.1, 0.15) is 56.9 Å². The summed E-state index contributed by atoms with van der Waals surface area (Å²) in [4.78, 5) is 16.3. The zero-order valence-electron chi connectivity index (χ0n) is 14.1. The van der Waals surface area contributed by atoms with Crippen LogP contribution >= 0.6 is 0 Å². The molecular weight excluding hydrogens is 294 g/mol. The molecule has 0 bridgehead atoms. The van der Waals surface area contributed by atoms with Crippen molar-refractivity contribution in [3.05, 3.63) is 17.8 Å². The van der Waals surface area contributed by atoms with Crippen LogP contribution in [0.4, 0.5) is 4.79 Å². The molecule has 1 heterocycles. The average molecular weight is 321 g/mol. The van der Waals surface area contributed by atoms with E-state index in [9.17, 15) is 4.79 Å². The summed E-state index contributed by atoms with van der Waals surface area (Å²) in [5.74, 6) is 0.745. The SMILES string of the molecule is CCO[C@@H]1C[C@H](NC(=O)NCc2ncoc2C)C12CCCCC2. The van der Waals surface area contributed by atoms with Gasteiger partial charge in [-0.25, -0.2) is 9.78 Å². The predicted molar refractivity (Wildman–Crippen MR) is 85.9 cm³/mol. The minimum Gasteiger partial charge on any atom is -0.448 e. The van der Waals surface area contributed by atoms with Crippen LogP contribution in [0.2, 0.25) is 0 Å². The maximum absolute atomic E-state index is 12.2. The Morgan fingerprint density at radius 1 is 1.43 bits per heavy atom. The molecule has 0 unspecified atom stereocenters. The van der Waals surface area contributed by atoms with Gasteiger partial charge in [0.05, 0.1) is 12.6 Å². The van der Waals surface area contributed by atoms with Crippen LogP contribution in [-0.2, 0) is 11.3 Å². The fraction of sp³-hybridized carbons (Fsp3) is 0.765. The Hall–Kier alpha value is -1.56. The van der Waals surface area contributed by atoms with Gasteiger partial charge in [-0.2, -0.15) is 0 Å². The average Bonchev–Trinajstić information content (AvgIpc) is 2.98. The molecule has 2 N–H and O–H groups in total. The van der Waals surface area contributed by atoms with E-state index in [0.717, 1.165) is 37.3 Å². The van der Waals surface area contributed by atoms with Crippen molar-refractivity contribution in [1.29, 1.82) is 0 Å². The molecular formula is C17H27N3O3. The van der Waals surface area contributed by atoms with Gasteiger partial charge in [0, 0.05) is 18.1 Å². The lowest BCUT2D eigenvalue weighted by molar-refractivity contribution is -0.146. The molecule has 1 aromatic heterocycles. The molecule has 6 heteroatoms. The third-order valence-corrected chi connectivity index (χ3v) is 5.50. The van der Waals surface area contributed by atoms with Crippen molar-refractivity contribution < 1.29 is 13.9 Å². The van der Waals surface area contributed by atoms with Crippen molar-refractivity contribution in [2.45, 2.75) is 71.1 Å². The molecule has 128 valence electrons. The number of rotatable bonds is 5. The molecule has 0 saturated heterocycles. The summed E-state index contributed by atoms with van der Waals surface area (Å²) in [5, 5.41) is 6.04. The number of hydrogen-bond donors (Lipinski definition) is 2. The molecule has 2 aliphatic rings. The lowest BCUT2D eigenvalue weighted by Gasteiger charge is -2.57. The number of aromatic nitrogens is 1. The Morgan fingerprint density at radius 2 is 2.22 bits per heavy atom. The van der Waals surface area contributed by atoms with E-state index in [1.807, 2.05) is 13.8 Å². The van der Waals surface area contributed by atoms with E-state index >= 15 is 0 Å². The first-order valence-electron chi connectivity index (χ1n) is 8.70.